The van der Waals surface area contributed by atoms with Crippen LogP contribution in [0.5, 0.6) is 5.75 Å². The van der Waals surface area contributed by atoms with Gasteiger partial charge in [0.15, 0.2) is 0 Å². The summed E-state index contributed by atoms with van der Waals surface area (Å²) in [6, 6.07) is 12.3. The van der Waals surface area contributed by atoms with Crippen LogP contribution in [0.25, 0.3) is 0 Å². The van der Waals surface area contributed by atoms with Gasteiger partial charge in [0, 0.05) is 15.9 Å². The van der Waals surface area contributed by atoms with Gasteiger partial charge in [0.2, 0.25) is 5.95 Å². The number of nitrogens with two attached hydrogens (primary N) is 1. The lowest BCUT2D eigenvalue weighted by molar-refractivity contribution is 0.413. The van der Waals surface area contributed by atoms with Crippen LogP contribution in [0.15, 0.2) is 41.3 Å². The van der Waals surface area contributed by atoms with Crippen molar-refractivity contribution in [2.45, 2.75) is 56.6 Å². The van der Waals surface area contributed by atoms with E-state index in [2.05, 4.69) is 59.9 Å². The number of nitrogen functional groups attached to an aromatic ring is 1. The Morgan fingerprint density at radius 2 is 1.86 bits per heavy atom. The molecule has 0 spiro atoms. The zero-order valence-corrected chi connectivity index (χ0v) is 23.1. The number of para-hydroxylation sites is 1. The smallest absolute Gasteiger partial charge is 0.231 e. The number of rotatable bonds is 9. The lowest BCUT2D eigenvalue weighted by atomic mass is 9.87. The van der Waals surface area contributed by atoms with Gasteiger partial charge in [-0.15, -0.1) is 11.8 Å². The van der Waals surface area contributed by atoms with Crippen molar-refractivity contribution in [2.24, 2.45) is 0 Å². The van der Waals surface area contributed by atoms with Crippen molar-refractivity contribution in [3.8, 4) is 5.75 Å². The molecule has 1 saturated heterocycles. The molecule has 1 aliphatic heterocycles. The molecule has 8 nitrogen and oxygen atoms in total. The van der Waals surface area contributed by atoms with Crippen molar-refractivity contribution in [1.29, 1.82) is 5.41 Å². The van der Waals surface area contributed by atoms with Crippen molar-refractivity contribution >= 4 is 46.4 Å². The van der Waals surface area contributed by atoms with Gasteiger partial charge in [-0.1, -0.05) is 26.0 Å². The molecular weight excluding hydrogens is 482 g/mol. The molecule has 0 radical (unpaired) electrons. The summed E-state index contributed by atoms with van der Waals surface area (Å²) in [5, 5.41) is 18.9. The second-order valence-electron chi connectivity index (χ2n) is 9.63. The standard InChI is InChI=1S/C28H37N7OS/c1-16(2)37-24-9-7-6-8-21(24)32-27-25(18(4)29)26(30)34-28(35-27)33-22-14-17(3)20(15-23(22)36-5)19-10-12-31-13-11-19/h6-9,14-16,19,29,31H,10-13H2,1-5H3,(H4,30,32,33,34,35). The van der Waals surface area contributed by atoms with Gasteiger partial charge in [-0.2, -0.15) is 9.97 Å². The largest absolute Gasteiger partial charge is 0.495 e. The number of piperidine rings is 1. The molecule has 0 aliphatic carbocycles. The third-order valence-electron chi connectivity index (χ3n) is 6.43. The van der Waals surface area contributed by atoms with E-state index in [4.69, 9.17) is 20.9 Å². The Hall–Kier alpha value is -3.30. The Balaban J connectivity index is 1.69. The number of thioether (sulfide) groups is 1. The number of ether oxygens (including phenoxy) is 1. The maximum atomic E-state index is 8.30. The zero-order chi connectivity index (χ0) is 26.5. The fourth-order valence-electron chi connectivity index (χ4n) is 4.71. The Morgan fingerprint density at radius 3 is 2.54 bits per heavy atom. The third kappa shape index (κ3) is 6.34. The number of anilines is 5. The van der Waals surface area contributed by atoms with E-state index in [1.54, 1.807) is 25.8 Å². The maximum Gasteiger partial charge on any atom is 0.231 e. The van der Waals surface area contributed by atoms with Gasteiger partial charge < -0.3 is 31.8 Å². The molecule has 9 heteroatoms. The van der Waals surface area contributed by atoms with Gasteiger partial charge in [0.1, 0.15) is 17.4 Å². The number of methoxy groups -OCH3 is 1. The summed E-state index contributed by atoms with van der Waals surface area (Å²) in [7, 11) is 1.68. The third-order valence-corrected chi connectivity index (χ3v) is 7.51. The van der Waals surface area contributed by atoms with E-state index in [0.29, 0.717) is 34.2 Å². The Kier molecular flexibility index (Phi) is 8.56. The molecule has 3 aromatic rings. The van der Waals surface area contributed by atoms with E-state index in [1.165, 1.54) is 11.1 Å². The summed E-state index contributed by atoms with van der Waals surface area (Å²) < 4.78 is 5.76. The minimum absolute atomic E-state index is 0.239. The number of hydrogen-bond donors (Lipinski definition) is 5. The van der Waals surface area contributed by atoms with E-state index >= 15 is 0 Å². The minimum atomic E-state index is 0.239. The van der Waals surface area contributed by atoms with E-state index < -0.39 is 0 Å². The summed E-state index contributed by atoms with van der Waals surface area (Å²) in [4.78, 5) is 10.3. The van der Waals surface area contributed by atoms with Gasteiger partial charge in [-0.3, -0.25) is 0 Å². The summed E-state index contributed by atoms with van der Waals surface area (Å²) in [6.45, 7) is 10.2. The molecule has 0 bridgehead atoms. The molecule has 4 rings (SSSR count). The molecular formula is C28H37N7OS. The molecule has 0 atom stereocenters. The van der Waals surface area contributed by atoms with Gasteiger partial charge in [-0.25, -0.2) is 0 Å². The zero-order valence-electron chi connectivity index (χ0n) is 22.2. The molecule has 2 heterocycles. The monoisotopic (exact) mass is 519 g/mol. The molecule has 1 fully saturated rings. The second kappa shape index (κ2) is 11.8. The normalized spacial score (nSPS) is 14.0. The van der Waals surface area contributed by atoms with Crippen LogP contribution in [0.3, 0.4) is 0 Å². The predicted molar refractivity (Wildman–Crippen MR) is 156 cm³/mol. The summed E-state index contributed by atoms with van der Waals surface area (Å²) in [5.41, 5.74) is 11.3. The highest BCUT2D eigenvalue weighted by Crippen LogP contribution is 2.37. The number of hydrogen-bond acceptors (Lipinski definition) is 9. The highest BCUT2D eigenvalue weighted by atomic mass is 32.2. The predicted octanol–water partition coefficient (Wildman–Crippen LogP) is 6.22. The van der Waals surface area contributed by atoms with E-state index in [1.807, 2.05) is 18.2 Å². The van der Waals surface area contributed by atoms with E-state index in [0.717, 1.165) is 48.0 Å². The molecule has 2 aromatic carbocycles. The molecule has 196 valence electrons. The first-order chi connectivity index (χ1) is 17.8. The number of aryl methyl sites for hydroxylation is 1. The van der Waals surface area contributed by atoms with Gasteiger partial charge in [0.05, 0.1) is 24.0 Å². The van der Waals surface area contributed by atoms with Gasteiger partial charge in [0.25, 0.3) is 0 Å². The Morgan fingerprint density at radius 1 is 1.14 bits per heavy atom. The van der Waals surface area contributed by atoms with Crippen LogP contribution in [-0.2, 0) is 0 Å². The average molecular weight is 520 g/mol. The van der Waals surface area contributed by atoms with Crippen LogP contribution in [0.2, 0.25) is 0 Å². The van der Waals surface area contributed by atoms with Crippen LogP contribution >= 0.6 is 11.8 Å². The number of nitrogens with zero attached hydrogens (tertiary/aromatic N) is 2. The van der Waals surface area contributed by atoms with Crippen LogP contribution in [0, 0.1) is 12.3 Å². The number of benzene rings is 2. The molecule has 1 aliphatic rings. The quantitative estimate of drug-likeness (QED) is 0.167. The lowest BCUT2D eigenvalue weighted by Crippen LogP contribution is -2.27. The lowest BCUT2D eigenvalue weighted by Gasteiger charge is -2.25. The summed E-state index contributed by atoms with van der Waals surface area (Å²) in [5.74, 6) is 2.32. The Labute approximate surface area is 223 Å². The molecule has 0 unspecified atom stereocenters. The number of aromatic nitrogens is 2. The summed E-state index contributed by atoms with van der Waals surface area (Å²) >= 11 is 1.76. The fraction of sp³-hybridized carbons (Fsp3) is 0.393. The minimum Gasteiger partial charge on any atom is -0.495 e. The first kappa shape index (κ1) is 26.8. The van der Waals surface area contributed by atoms with E-state index in [-0.39, 0.29) is 5.82 Å². The number of nitrogens with one attached hydrogen (secondary N) is 4. The topological polar surface area (TPSA) is 121 Å². The molecule has 1 aromatic heterocycles. The fourth-order valence-corrected chi connectivity index (χ4v) is 5.62. The first-order valence-corrected chi connectivity index (χ1v) is 13.6. The van der Waals surface area contributed by atoms with Crippen LogP contribution in [0.1, 0.15) is 56.2 Å². The van der Waals surface area contributed by atoms with Crippen molar-refractivity contribution in [3.63, 3.8) is 0 Å². The van der Waals surface area contributed by atoms with Crippen LogP contribution in [0.4, 0.5) is 29.0 Å². The van der Waals surface area contributed by atoms with Gasteiger partial charge in [-0.05, 0) is 81.1 Å². The highest BCUT2D eigenvalue weighted by Gasteiger charge is 2.21. The average Bonchev–Trinajstić information content (AvgIpc) is 2.85. The SMILES string of the molecule is COc1cc(C2CCNCC2)c(C)cc1Nc1nc(N)c(C(C)=N)c(Nc2ccccc2SC(C)C)n1. The maximum absolute atomic E-state index is 8.30. The van der Waals surface area contributed by atoms with Crippen molar-refractivity contribution in [3.05, 3.63) is 53.1 Å². The van der Waals surface area contributed by atoms with Gasteiger partial charge >= 0.3 is 0 Å². The summed E-state index contributed by atoms with van der Waals surface area (Å²) in [6.07, 6.45) is 2.24. The highest BCUT2D eigenvalue weighted by molar-refractivity contribution is 8.00. The van der Waals surface area contributed by atoms with Crippen LogP contribution < -0.4 is 26.4 Å². The Bertz CT molecular complexity index is 1270. The molecule has 0 saturated carbocycles. The molecule has 6 N–H and O–H groups in total. The second-order valence-corrected chi connectivity index (χ2v) is 11.2. The van der Waals surface area contributed by atoms with Crippen molar-refractivity contribution < 1.29 is 4.74 Å². The van der Waals surface area contributed by atoms with Crippen molar-refractivity contribution in [1.82, 2.24) is 15.3 Å². The first-order valence-electron chi connectivity index (χ1n) is 12.7. The van der Waals surface area contributed by atoms with E-state index in [9.17, 15) is 0 Å². The molecule has 37 heavy (non-hydrogen) atoms. The van der Waals surface area contributed by atoms with Crippen molar-refractivity contribution in [2.75, 3.05) is 36.6 Å². The molecule has 0 amide bonds. The van der Waals surface area contributed by atoms with Crippen LogP contribution in [-0.4, -0.2) is 41.1 Å².